The molecule has 92 valence electrons. The first-order valence-corrected chi connectivity index (χ1v) is 8.52. The molecule has 7 heteroatoms. The van der Waals surface area contributed by atoms with Gasteiger partial charge in [-0.15, -0.1) is 11.3 Å². The Bertz CT molecular complexity index is 413. The van der Waals surface area contributed by atoms with Gasteiger partial charge in [0.2, 0.25) is 10.0 Å². The van der Waals surface area contributed by atoms with E-state index in [9.17, 15) is 8.42 Å². The quantitative estimate of drug-likeness (QED) is 0.739. The molecule has 0 aliphatic rings. The standard InChI is InChI=1S/C9H15NO3S3/c1-14-4-2-3-10-16(12,13)9-5-8(6-11)7-15-9/h5,7,10-11H,2-4,6H2,1H3. The van der Waals surface area contributed by atoms with Crippen LogP contribution in [-0.4, -0.2) is 32.1 Å². The predicted octanol–water partition coefficient (Wildman–Crippen LogP) is 1.27. The fourth-order valence-electron chi connectivity index (χ4n) is 1.07. The second-order valence-electron chi connectivity index (χ2n) is 3.18. The topological polar surface area (TPSA) is 66.4 Å². The summed E-state index contributed by atoms with van der Waals surface area (Å²) in [5, 5.41) is 10.5. The normalized spacial score (nSPS) is 11.9. The Labute approximate surface area is 104 Å². The first-order valence-electron chi connectivity index (χ1n) is 4.77. The van der Waals surface area contributed by atoms with E-state index >= 15 is 0 Å². The van der Waals surface area contributed by atoms with Crippen molar-refractivity contribution in [3.63, 3.8) is 0 Å². The third-order valence-electron chi connectivity index (χ3n) is 1.89. The summed E-state index contributed by atoms with van der Waals surface area (Å²) in [5.74, 6) is 0.939. The van der Waals surface area contributed by atoms with E-state index in [0.29, 0.717) is 12.1 Å². The zero-order valence-electron chi connectivity index (χ0n) is 8.97. The zero-order valence-corrected chi connectivity index (χ0v) is 11.4. The van der Waals surface area contributed by atoms with Gasteiger partial charge in [0.05, 0.1) is 6.61 Å². The number of aliphatic hydroxyl groups is 1. The van der Waals surface area contributed by atoms with Crippen LogP contribution < -0.4 is 4.72 Å². The Morgan fingerprint density at radius 2 is 2.31 bits per heavy atom. The Morgan fingerprint density at radius 1 is 1.56 bits per heavy atom. The second-order valence-corrected chi connectivity index (χ2v) is 7.07. The summed E-state index contributed by atoms with van der Waals surface area (Å²) in [7, 11) is -3.38. The summed E-state index contributed by atoms with van der Waals surface area (Å²) in [6, 6.07) is 1.50. The molecule has 0 spiro atoms. The lowest BCUT2D eigenvalue weighted by Gasteiger charge is -2.03. The summed E-state index contributed by atoms with van der Waals surface area (Å²) in [6.45, 7) is 0.327. The smallest absolute Gasteiger partial charge is 0.250 e. The molecule has 4 nitrogen and oxygen atoms in total. The predicted molar refractivity (Wildman–Crippen MR) is 68.4 cm³/mol. The summed E-state index contributed by atoms with van der Waals surface area (Å²) in [4.78, 5) is 0. The van der Waals surface area contributed by atoms with Gasteiger partial charge in [-0.2, -0.15) is 11.8 Å². The van der Waals surface area contributed by atoms with E-state index < -0.39 is 10.0 Å². The van der Waals surface area contributed by atoms with Crippen LogP contribution >= 0.6 is 23.1 Å². The van der Waals surface area contributed by atoms with Crippen molar-refractivity contribution in [3.8, 4) is 0 Å². The van der Waals surface area contributed by atoms with Crippen molar-refractivity contribution < 1.29 is 13.5 Å². The van der Waals surface area contributed by atoms with Crippen molar-refractivity contribution in [2.24, 2.45) is 0 Å². The number of thiophene rings is 1. The third kappa shape index (κ3) is 4.06. The van der Waals surface area contributed by atoms with Gasteiger partial charge in [-0.3, -0.25) is 0 Å². The monoisotopic (exact) mass is 281 g/mol. The molecule has 0 aromatic carbocycles. The molecule has 0 atom stereocenters. The van der Waals surface area contributed by atoms with Crippen molar-refractivity contribution in [3.05, 3.63) is 17.0 Å². The molecule has 1 aromatic rings. The second kappa shape index (κ2) is 6.61. The number of hydrogen-bond acceptors (Lipinski definition) is 5. The van der Waals surface area contributed by atoms with Gasteiger partial charge in [-0.25, -0.2) is 13.1 Å². The molecular weight excluding hydrogens is 266 g/mol. The highest BCUT2D eigenvalue weighted by Crippen LogP contribution is 2.19. The molecule has 0 saturated heterocycles. The van der Waals surface area contributed by atoms with E-state index in [-0.39, 0.29) is 10.8 Å². The average molecular weight is 281 g/mol. The third-order valence-corrected chi connectivity index (χ3v) is 5.54. The number of rotatable bonds is 7. The highest BCUT2D eigenvalue weighted by molar-refractivity contribution is 7.98. The van der Waals surface area contributed by atoms with Crippen molar-refractivity contribution in [1.29, 1.82) is 0 Å². The summed E-state index contributed by atoms with van der Waals surface area (Å²) < 4.78 is 26.3. The van der Waals surface area contributed by atoms with Crippen LogP contribution in [0.25, 0.3) is 0 Å². The lowest BCUT2D eigenvalue weighted by Crippen LogP contribution is -2.24. The minimum atomic E-state index is -3.38. The Hall–Kier alpha value is -0.0800. The molecule has 0 amide bonds. The van der Waals surface area contributed by atoms with Crippen LogP contribution in [-0.2, 0) is 16.6 Å². The lowest BCUT2D eigenvalue weighted by atomic mass is 10.4. The van der Waals surface area contributed by atoms with Gasteiger partial charge in [-0.1, -0.05) is 0 Å². The zero-order chi connectivity index (χ0) is 12.0. The van der Waals surface area contributed by atoms with Crippen LogP contribution in [0.2, 0.25) is 0 Å². The maximum atomic E-state index is 11.7. The van der Waals surface area contributed by atoms with E-state index in [1.54, 1.807) is 17.1 Å². The average Bonchev–Trinajstić information content (AvgIpc) is 2.73. The SMILES string of the molecule is CSCCCNS(=O)(=O)c1cc(CO)cs1. The molecule has 2 N–H and O–H groups in total. The van der Waals surface area contributed by atoms with Crippen LogP contribution in [0.5, 0.6) is 0 Å². The van der Waals surface area contributed by atoms with E-state index in [1.165, 1.54) is 6.07 Å². The van der Waals surface area contributed by atoms with Crippen molar-refractivity contribution >= 4 is 33.1 Å². The minimum Gasteiger partial charge on any atom is -0.392 e. The van der Waals surface area contributed by atoms with Crippen LogP contribution in [0, 0.1) is 0 Å². The molecule has 0 aliphatic carbocycles. The van der Waals surface area contributed by atoms with Gasteiger partial charge in [0.1, 0.15) is 4.21 Å². The fraction of sp³-hybridized carbons (Fsp3) is 0.556. The molecule has 0 unspecified atom stereocenters. The molecule has 16 heavy (non-hydrogen) atoms. The van der Waals surface area contributed by atoms with Crippen molar-refractivity contribution in [1.82, 2.24) is 4.72 Å². The number of aliphatic hydroxyl groups excluding tert-OH is 1. The maximum Gasteiger partial charge on any atom is 0.250 e. The van der Waals surface area contributed by atoms with Gasteiger partial charge >= 0.3 is 0 Å². The number of sulfonamides is 1. The fourth-order valence-corrected chi connectivity index (χ4v) is 3.82. The number of thioether (sulfide) groups is 1. The Morgan fingerprint density at radius 3 is 2.88 bits per heavy atom. The Balaban J connectivity index is 2.56. The number of nitrogens with one attached hydrogen (secondary N) is 1. The molecule has 1 aromatic heterocycles. The van der Waals surface area contributed by atoms with Crippen LogP contribution in [0.4, 0.5) is 0 Å². The lowest BCUT2D eigenvalue weighted by molar-refractivity contribution is 0.282. The molecule has 0 bridgehead atoms. The van der Waals surface area contributed by atoms with Crippen LogP contribution in [0.15, 0.2) is 15.7 Å². The van der Waals surface area contributed by atoms with Gasteiger partial charge in [0, 0.05) is 6.54 Å². The first-order chi connectivity index (χ1) is 7.60. The van der Waals surface area contributed by atoms with E-state index in [0.717, 1.165) is 23.5 Å². The highest BCUT2D eigenvalue weighted by atomic mass is 32.2. The van der Waals surface area contributed by atoms with Gasteiger partial charge in [0.25, 0.3) is 0 Å². The van der Waals surface area contributed by atoms with E-state index in [2.05, 4.69) is 4.72 Å². The molecule has 0 radical (unpaired) electrons. The van der Waals surface area contributed by atoms with Gasteiger partial charge < -0.3 is 5.11 Å². The molecular formula is C9H15NO3S3. The molecule has 0 saturated carbocycles. The maximum absolute atomic E-state index is 11.7. The van der Waals surface area contributed by atoms with E-state index in [4.69, 9.17) is 5.11 Å². The molecule has 1 rings (SSSR count). The summed E-state index contributed by atoms with van der Waals surface area (Å²) >= 11 is 2.82. The van der Waals surface area contributed by atoms with Crippen molar-refractivity contribution in [2.45, 2.75) is 17.2 Å². The molecule has 0 fully saturated rings. The largest absolute Gasteiger partial charge is 0.392 e. The summed E-state index contributed by atoms with van der Waals surface area (Å²) in [6.07, 6.45) is 2.81. The Kier molecular flexibility index (Phi) is 5.77. The minimum absolute atomic E-state index is 0.126. The van der Waals surface area contributed by atoms with Crippen LogP contribution in [0.1, 0.15) is 12.0 Å². The van der Waals surface area contributed by atoms with E-state index in [1.807, 2.05) is 6.26 Å². The van der Waals surface area contributed by atoms with Gasteiger partial charge in [-0.05, 0) is 35.4 Å². The molecule has 1 heterocycles. The number of hydrogen-bond donors (Lipinski definition) is 2. The highest BCUT2D eigenvalue weighted by Gasteiger charge is 2.15. The summed E-state index contributed by atoms with van der Waals surface area (Å²) in [5.41, 5.74) is 0.634. The van der Waals surface area contributed by atoms with Crippen molar-refractivity contribution in [2.75, 3.05) is 18.6 Å². The first kappa shape index (κ1) is 14.0. The van der Waals surface area contributed by atoms with Crippen LogP contribution in [0.3, 0.4) is 0 Å². The van der Waals surface area contributed by atoms with Gasteiger partial charge in [0.15, 0.2) is 0 Å². The molecule has 0 aliphatic heterocycles.